The highest BCUT2D eigenvalue weighted by Gasteiger charge is 2.79. The molecule has 3 saturated carbocycles. The van der Waals surface area contributed by atoms with Gasteiger partial charge in [0.15, 0.2) is 25.2 Å². The Morgan fingerprint density at radius 2 is 1.40 bits per heavy atom. The topological polar surface area (TPSA) is 398 Å². The minimum atomic E-state index is -5.17. The molecule has 0 aromatic heterocycles. The molecule has 0 aromatic carbocycles. The Balaban J connectivity index is 0.866. The minimum Gasteiger partial charge on any atom is -0.461 e. The highest BCUT2D eigenvalue weighted by molar-refractivity contribution is 7.81. The van der Waals surface area contributed by atoms with E-state index in [1.54, 1.807) is 0 Å². The molecule has 0 radical (unpaired) electrons. The number of aliphatic hydroxyl groups excluding tert-OH is 7. The molecule has 29 heteroatoms. The zero-order chi connectivity index (χ0) is 60.2. The molecule has 1 spiro atoms. The summed E-state index contributed by atoms with van der Waals surface area (Å²) in [4.78, 5) is 14.2. The average molecular weight is 1220 g/mol. The molecule has 0 aromatic rings. The molecule has 27 unspecified atom stereocenters. The number of allylic oxidation sites excluding steroid dienone is 4. The van der Waals surface area contributed by atoms with Gasteiger partial charge < -0.3 is 88.2 Å². The zero-order valence-corrected chi connectivity index (χ0v) is 49.1. The number of esters is 1. The van der Waals surface area contributed by atoms with Crippen LogP contribution in [0.3, 0.4) is 0 Å². The fraction of sp³-hybridized carbons (Fsp3) is 0.906. The largest absolute Gasteiger partial charge is 0.461 e. The maximum Gasteiger partial charge on any atom is 0.397 e. The van der Waals surface area contributed by atoms with Crippen molar-refractivity contribution in [2.24, 2.45) is 39.4 Å². The first kappa shape index (κ1) is 64.5. The van der Waals surface area contributed by atoms with Crippen molar-refractivity contribution >= 4 is 26.8 Å². The third-order valence-corrected chi connectivity index (χ3v) is 20.9. The summed E-state index contributed by atoms with van der Waals surface area (Å²) in [7, 11) is -9.03. The highest BCUT2D eigenvalue weighted by atomic mass is 32.3. The van der Waals surface area contributed by atoms with Crippen molar-refractivity contribution in [2.75, 3.05) is 26.9 Å². The molecule has 4 aliphatic carbocycles. The van der Waals surface area contributed by atoms with Crippen LogP contribution >= 0.6 is 0 Å². The minimum absolute atomic E-state index is 0.0123. The fourth-order valence-electron chi connectivity index (χ4n) is 16.0. The summed E-state index contributed by atoms with van der Waals surface area (Å²) < 4.78 is 133. The Morgan fingerprint density at radius 3 is 2.06 bits per heavy atom. The summed E-state index contributed by atoms with van der Waals surface area (Å²) in [6.07, 6.45) is -22.2. The molecule has 5 saturated heterocycles. The molecular formula is C53H84O27S2. The summed E-state index contributed by atoms with van der Waals surface area (Å²) in [5.74, 6) is -0.486. The summed E-state index contributed by atoms with van der Waals surface area (Å²) in [5.41, 5.74) is -1.04. The van der Waals surface area contributed by atoms with Crippen LogP contribution < -0.4 is 0 Å². The number of hydrogen-bond acceptors (Lipinski definition) is 25. The molecular weight excluding hydrogens is 1130 g/mol. The van der Waals surface area contributed by atoms with Crippen LogP contribution in [-0.2, 0) is 81.3 Å². The van der Waals surface area contributed by atoms with Crippen molar-refractivity contribution in [3.63, 3.8) is 0 Å². The SMILES string of the molecule is COC1C(O)C(COS(=O)(=O)O)OC(OC2COC(OC3C(C)OC(OC4C(OC5CCC6(C)C7CCC89C(=O)OC(CC8(C)C7=CCC6C5(C)C)C9C(C)(O)CCC=C(C)C)OCC(OS(=O)(=O)O)C4O)C(O)C3O)C(O)C2O)C1O. The third kappa shape index (κ3) is 11.7. The van der Waals surface area contributed by atoms with Crippen LogP contribution in [0, 0.1) is 39.4 Å². The van der Waals surface area contributed by atoms with E-state index in [9.17, 15) is 67.0 Å². The van der Waals surface area contributed by atoms with E-state index >= 15 is 0 Å². The lowest BCUT2D eigenvalue weighted by Gasteiger charge is -2.64. The number of methoxy groups -OCH3 is 1. The number of carbonyl (C=O) groups is 1. The number of hydrogen-bond donors (Lipinski definition) is 10. The first-order chi connectivity index (χ1) is 38.1. The molecule has 2 bridgehead atoms. The van der Waals surface area contributed by atoms with E-state index < -0.39 is 185 Å². The van der Waals surface area contributed by atoms with E-state index in [2.05, 4.69) is 44.0 Å². The Bertz CT molecular complexity index is 2600. The van der Waals surface area contributed by atoms with Gasteiger partial charge in [0, 0.05) is 18.4 Å². The fourth-order valence-corrected chi connectivity index (χ4v) is 16.8. The monoisotopic (exact) mass is 1220 g/mol. The van der Waals surface area contributed by atoms with Gasteiger partial charge in [-0.3, -0.25) is 13.9 Å². The van der Waals surface area contributed by atoms with E-state index in [1.807, 2.05) is 20.8 Å². The Labute approximate surface area is 477 Å². The van der Waals surface area contributed by atoms with Crippen LogP contribution in [0.25, 0.3) is 0 Å². The maximum atomic E-state index is 14.2. The summed E-state index contributed by atoms with van der Waals surface area (Å²) in [5, 5.41) is 90.8. The van der Waals surface area contributed by atoms with Gasteiger partial charge in [0.05, 0.1) is 43.0 Å². The summed E-state index contributed by atoms with van der Waals surface area (Å²) in [6.45, 7) is 13.9. The number of rotatable bonds is 18. The molecule has 5 aliphatic heterocycles. The van der Waals surface area contributed by atoms with Crippen molar-refractivity contribution in [1.82, 2.24) is 0 Å². The van der Waals surface area contributed by atoms with Crippen molar-refractivity contribution in [1.29, 1.82) is 0 Å². The molecule has 27 atom stereocenters. The van der Waals surface area contributed by atoms with Gasteiger partial charge in [0.25, 0.3) is 0 Å². The molecule has 9 rings (SSSR count). The van der Waals surface area contributed by atoms with Crippen molar-refractivity contribution in [2.45, 2.75) is 235 Å². The normalized spacial score (nSPS) is 48.2. The van der Waals surface area contributed by atoms with Crippen molar-refractivity contribution in [3.8, 4) is 0 Å². The van der Waals surface area contributed by atoms with Crippen LogP contribution in [0.4, 0.5) is 0 Å². The molecule has 470 valence electrons. The smallest absolute Gasteiger partial charge is 0.397 e. The molecule has 27 nitrogen and oxygen atoms in total. The third-order valence-electron chi connectivity index (χ3n) is 20.0. The molecule has 0 amide bonds. The lowest BCUT2D eigenvalue weighted by Crippen LogP contribution is -2.65. The van der Waals surface area contributed by atoms with Gasteiger partial charge in [0.2, 0.25) is 0 Å². The van der Waals surface area contributed by atoms with Gasteiger partial charge in [-0.15, -0.1) is 0 Å². The summed E-state index contributed by atoms with van der Waals surface area (Å²) in [6, 6.07) is 0. The Kier molecular flexibility index (Phi) is 18.5. The van der Waals surface area contributed by atoms with Gasteiger partial charge >= 0.3 is 26.8 Å². The average Bonchev–Trinajstić information content (AvgIpc) is 1.83. The summed E-state index contributed by atoms with van der Waals surface area (Å²) >= 11 is 0. The second-order valence-corrected chi connectivity index (χ2v) is 27.7. The van der Waals surface area contributed by atoms with E-state index in [4.69, 9.17) is 56.1 Å². The Hall–Kier alpha value is -1.99. The van der Waals surface area contributed by atoms with Gasteiger partial charge in [-0.1, -0.05) is 51.0 Å². The lowest BCUT2D eigenvalue weighted by molar-refractivity contribution is -0.380. The second-order valence-electron chi connectivity index (χ2n) is 25.6. The van der Waals surface area contributed by atoms with E-state index in [0.29, 0.717) is 51.4 Å². The number of fused-ring (bicyclic) bond motifs is 5. The molecule has 9 aliphatic rings. The first-order valence-electron chi connectivity index (χ1n) is 28.1. The van der Waals surface area contributed by atoms with Crippen LogP contribution in [0.15, 0.2) is 23.3 Å². The number of carbonyl (C=O) groups excluding carboxylic acids is 1. The quantitative estimate of drug-likeness (QED) is 0.0486. The highest BCUT2D eigenvalue weighted by Crippen LogP contribution is 2.76. The molecule has 5 heterocycles. The molecule has 10 N–H and O–H groups in total. The first-order valence-corrected chi connectivity index (χ1v) is 30.8. The van der Waals surface area contributed by atoms with Gasteiger partial charge in [-0.05, 0) is 102 Å². The van der Waals surface area contributed by atoms with Gasteiger partial charge in [-0.2, -0.15) is 16.8 Å². The van der Waals surface area contributed by atoms with Crippen molar-refractivity contribution < 1.29 is 127 Å². The van der Waals surface area contributed by atoms with Crippen LogP contribution in [0.5, 0.6) is 0 Å². The van der Waals surface area contributed by atoms with Crippen LogP contribution in [0.1, 0.15) is 107 Å². The van der Waals surface area contributed by atoms with E-state index in [-0.39, 0.29) is 29.1 Å². The maximum absolute atomic E-state index is 14.2. The van der Waals surface area contributed by atoms with Crippen LogP contribution in [-0.4, -0.2) is 228 Å². The Morgan fingerprint density at radius 1 is 0.756 bits per heavy atom. The van der Waals surface area contributed by atoms with Crippen LogP contribution in [0.2, 0.25) is 0 Å². The number of ether oxygens (including phenoxy) is 10. The second kappa shape index (κ2) is 23.5. The van der Waals surface area contributed by atoms with Gasteiger partial charge in [0.1, 0.15) is 85.5 Å². The van der Waals surface area contributed by atoms with Gasteiger partial charge in [-0.25, -0.2) is 8.37 Å². The predicted molar refractivity (Wildman–Crippen MR) is 277 cm³/mol. The predicted octanol–water partition coefficient (Wildman–Crippen LogP) is -0.124. The zero-order valence-electron chi connectivity index (χ0n) is 47.4. The standard InChI is InChI=1S/C53H84O27S2/c1-23(2)11-10-16-52(8,62)43-27-19-51(7)26-12-13-31-49(4,5)32(15-17-50(31,6)25(26)14-18-53(43,51)48(61)76-27)77-47-42(35(56)30(21-71-47)80-82(66,67)68)79-45-38(59)36(57)40(24(3)73-45)78-44-37(58)33(54)28(20-70-44)74-46-39(60)41(69-9)34(55)29(75-46)22-72-81(63,64)65/h11-12,24-25,27-47,54-60,62H,10,13-22H2,1-9H3,(H,63,64,65)(H,66,67,68). The molecule has 8 fully saturated rings. The van der Waals surface area contributed by atoms with E-state index in [1.165, 1.54) is 12.5 Å². The van der Waals surface area contributed by atoms with Crippen molar-refractivity contribution in [3.05, 3.63) is 23.3 Å². The van der Waals surface area contributed by atoms with E-state index in [0.717, 1.165) is 12.7 Å². The lowest BCUT2D eigenvalue weighted by atomic mass is 9.40. The molecule has 82 heavy (non-hydrogen) atoms. The number of aliphatic hydroxyl groups is 8.